The highest BCUT2D eigenvalue weighted by Gasteiger charge is 2.17. The fourth-order valence-electron chi connectivity index (χ4n) is 2.17. The van der Waals surface area contributed by atoms with E-state index in [-0.39, 0.29) is 29.7 Å². The molecule has 1 aromatic carbocycles. The Morgan fingerprint density at radius 2 is 2.04 bits per heavy atom. The Bertz CT molecular complexity index is 784. The number of ether oxygens (including phenoxy) is 1. The minimum Gasteiger partial charge on any atom is -0.478 e. The Kier molecular flexibility index (Phi) is 5.02. The van der Waals surface area contributed by atoms with Crippen molar-refractivity contribution in [2.45, 2.75) is 32.8 Å². The number of fused-ring (bicyclic) bond motifs is 1. The van der Waals surface area contributed by atoms with Crippen LogP contribution in [0.25, 0.3) is 10.9 Å². The maximum atomic E-state index is 13.8. The van der Waals surface area contributed by atoms with E-state index in [1.165, 1.54) is 18.2 Å². The summed E-state index contributed by atoms with van der Waals surface area (Å²) in [6.07, 6.45) is -0.461. The van der Waals surface area contributed by atoms with E-state index in [0.29, 0.717) is 5.39 Å². The molecule has 0 atom stereocenters. The molecule has 0 unspecified atom stereocenters. The van der Waals surface area contributed by atoms with E-state index in [9.17, 15) is 19.1 Å². The van der Waals surface area contributed by atoms with Gasteiger partial charge in [-0.3, -0.25) is 0 Å². The molecule has 1 amide bonds. The number of benzene rings is 1. The number of carbonyl (C=O) groups is 2. The zero-order valence-electron chi connectivity index (χ0n) is 13.7. The van der Waals surface area contributed by atoms with E-state index in [0.717, 1.165) is 0 Å². The summed E-state index contributed by atoms with van der Waals surface area (Å²) in [5.74, 6) is -1.67. The molecule has 2 N–H and O–H groups in total. The number of halogens is 1. The van der Waals surface area contributed by atoms with Gasteiger partial charge in [0.05, 0.1) is 11.3 Å². The molecule has 1 aromatic heterocycles. The minimum atomic E-state index is -1.15. The number of nitrogens with one attached hydrogen (secondary N) is 1. The van der Waals surface area contributed by atoms with Gasteiger partial charge >= 0.3 is 12.1 Å². The molecule has 7 heteroatoms. The molecule has 0 aliphatic carbocycles. The lowest BCUT2D eigenvalue weighted by Crippen LogP contribution is -2.33. The summed E-state index contributed by atoms with van der Waals surface area (Å²) in [4.78, 5) is 27.1. The monoisotopic (exact) mass is 334 g/mol. The van der Waals surface area contributed by atoms with Gasteiger partial charge in [0.25, 0.3) is 0 Å². The quantitative estimate of drug-likeness (QED) is 0.897. The van der Waals surface area contributed by atoms with Crippen LogP contribution in [-0.2, 0) is 11.2 Å². The summed E-state index contributed by atoms with van der Waals surface area (Å²) in [6, 6.07) is 5.74. The maximum absolute atomic E-state index is 13.8. The van der Waals surface area contributed by atoms with E-state index in [1.807, 2.05) is 0 Å². The average molecular weight is 334 g/mol. The van der Waals surface area contributed by atoms with Gasteiger partial charge in [0.1, 0.15) is 16.9 Å². The number of carboxylic acid groups (broad SMARTS) is 1. The van der Waals surface area contributed by atoms with Crippen LogP contribution >= 0.6 is 0 Å². The third-order valence-electron chi connectivity index (χ3n) is 3.14. The number of para-hydroxylation sites is 1. The van der Waals surface area contributed by atoms with Crippen molar-refractivity contribution in [3.63, 3.8) is 0 Å². The van der Waals surface area contributed by atoms with Gasteiger partial charge in [-0.1, -0.05) is 12.1 Å². The highest BCUT2D eigenvalue weighted by molar-refractivity contribution is 5.94. The molecule has 0 saturated carbocycles. The van der Waals surface area contributed by atoms with E-state index >= 15 is 0 Å². The summed E-state index contributed by atoms with van der Waals surface area (Å²) < 4.78 is 18.9. The van der Waals surface area contributed by atoms with Gasteiger partial charge in [0.2, 0.25) is 0 Å². The van der Waals surface area contributed by atoms with Gasteiger partial charge < -0.3 is 15.2 Å². The topological polar surface area (TPSA) is 88.5 Å². The van der Waals surface area contributed by atoms with Crippen LogP contribution in [0.3, 0.4) is 0 Å². The number of alkyl carbamates (subject to hydrolysis) is 1. The number of amides is 1. The number of carboxylic acids is 1. The average Bonchev–Trinajstić information content (AvgIpc) is 2.45. The SMILES string of the molecule is CC(C)(C)OC(=O)NCCc1nc2c(F)cccc2cc1C(=O)O. The second-order valence-corrected chi connectivity index (χ2v) is 6.28. The Morgan fingerprint density at radius 3 is 2.67 bits per heavy atom. The van der Waals surface area contributed by atoms with E-state index < -0.39 is 23.5 Å². The molecule has 0 bridgehead atoms. The lowest BCUT2D eigenvalue weighted by Gasteiger charge is -2.19. The standard InChI is InChI=1S/C17H19FN2O4/c1-17(2,3)24-16(23)19-8-7-13-11(15(21)22)9-10-5-4-6-12(18)14(10)20-13/h4-6,9H,7-8H2,1-3H3,(H,19,23)(H,21,22). The number of carbonyl (C=O) groups excluding carboxylic acids is 1. The first-order valence-corrected chi connectivity index (χ1v) is 7.45. The van der Waals surface area contributed by atoms with Crippen LogP contribution in [0.4, 0.5) is 9.18 Å². The third-order valence-corrected chi connectivity index (χ3v) is 3.14. The zero-order chi connectivity index (χ0) is 17.9. The second kappa shape index (κ2) is 6.82. The van der Waals surface area contributed by atoms with Crippen molar-refractivity contribution >= 4 is 23.0 Å². The van der Waals surface area contributed by atoms with Crippen molar-refractivity contribution in [2.24, 2.45) is 0 Å². The summed E-state index contributed by atoms with van der Waals surface area (Å²) >= 11 is 0. The van der Waals surface area contributed by atoms with E-state index in [1.54, 1.807) is 26.8 Å². The first-order chi connectivity index (χ1) is 11.2. The molecular formula is C17H19FN2O4. The molecule has 2 aromatic rings. The molecule has 24 heavy (non-hydrogen) atoms. The van der Waals surface area contributed by atoms with Crippen LogP contribution in [0.5, 0.6) is 0 Å². The van der Waals surface area contributed by atoms with Gasteiger partial charge in [-0.25, -0.2) is 19.0 Å². The Labute approximate surface area is 138 Å². The molecule has 0 aliphatic heterocycles. The fraction of sp³-hybridized carbons (Fsp3) is 0.353. The van der Waals surface area contributed by atoms with Crippen molar-refractivity contribution in [1.82, 2.24) is 10.3 Å². The van der Waals surface area contributed by atoms with Crippen LogP contribution in [-0.4, -0.2) is 34.3 Å². The molecule has 128 valence electrons. The molecule has 0 spiro atoms. The molecule has 2 rings (SSSR count). The normalized spacial score (nSPS) is 11.3. The number of aromatic carboxylic acids is 1. The first-order valence-electron chi connectivity index (χ1n) is 7.45. The number of hydrogen-bond donors (Lipinski definition) is 2. The summed E-state index contributed by atoms with van der Waals surface area (Å²) in [5, 5.41) is 12.3. The van der Waals surface area contributed by atoms with Crippen LogP contribution in [0.15, 0.2) is 24.3 Å². The smallest absolute Gasteiger partial charge is 0.407 e. The van der Waals surface area contributed by atoms with Crippen LogP contribution < -0.4 is 5.32 Å². The maximum Gasteiger partial charge on any atom is 0.407 e. The van der Waals surface area contributed by atoms with Crippen molar-refractivity contribution < 1.29 is 23.8 Å². The predicted octanol–water partition coefficient (Wildman–Crippen LogP) is 3.14. The number of aromatic nitrogens is 1. The Morgan fingerprint density at radius 1 is 1.33 bits per heavy atom. The van der Waals surface area contributed by atoms with E-state index in [2.05, 4.69) is 10.3 Å². The van der Waals surface area contributed by atoms with Crippen molar-refractivity contribution in [2.75, 3.05) is 6.54 Å². The van der Waals surface area contributed by atoms with Gasteiger partial charge in [-0.05, 0) is 32.9 Å². The Hall–Kier alpha value is -2.70. The molecule has 0 aliphatic rings. The predicted molar refractivity (Wildman–Crippen MR) is 86.6 cm³/mol. The largest absolute Gasteiger partial charge is 0.478 e. The summed E-state index contributed by atoms with van der Waals surface area (Å²) in [6.45, 7) is 5.34. The fourth-order valence-corrected chi connectivity index (χ4v) is 2.17. The second-order valence-electron chi connectivity index (χ2n) is 6.28. The summed E-state index contributed by atoms with van der Waals surface area (Å²) in [5.41, 5.74) is -0.328. The van der Waals surface area contributed by atoms with E-state index in [4.69, 9.17) is 4.74 Å². The zero-order valence-corrected chi connectivity index (χ0v) is 13.7. The van der Waals surface area contributed by atoms with Gasteiger partial charge in [-0.15, -0.1) is 0 Å². The summed E-state index contributed by atoms with van der Waals surface area (Å²) in [7, 11) is 0. The first kappa shape index (κ1) is 17.7. The highest BCUT2D eigenvalue weighted by Crippen LogP contribution is 2.20. The van der Waals surface area contributed by atoms with Crippen molar-refractivity contribution in [1.29, 1.82) is 0 Å². The highest BCUT2D eigenvalue weighted by atomic mass is 19.1. The molecule has 6 nitrogen and oxygen atoms in total. The number of rotatable bonds is 4. The third kappa shape index (κ3) is 4.41. The van der Waals surface area contributed by atoms with Gasteiger partial charge in [0, 0.05) is 18.4 Å². The molecule has 0 fully saturated rings. The number of hydrogen-bond acceptors (Lipinski definition) is 4. The molecular weight excluding hydrogens is 315 g/mol. The number of pyridine rings is 1. The van der Waals surface area contributed by atoms with Gasteiger partial charge in [-0.2, -0.15) is 0 Å². The molecule has 0 saturated heterocycles. The molecule has 1 heterocycles. The van der Waals surface area contributed by atoms with Crippen molar-refractivity contribution in [3.8, 4) is 0 Å². The minimum absolute atomic E-state index is 0.0147. The molecule has 0 radical (unpaired) electrons. The lowest BCUT2D eigenvalue weighted by atomic mass is 10.1. The Balaban J connectivity index is 2.18. The van der Waals surface area contributed by atoms with Gasteiger partial charge in [0.15, 0.2) is 0 Å². The number of nitrogens with zero attached hydrogens (tertiary/aromatic N) is 1. The lowest BCUT2D eigenvalue weighted by molar-refractivity contribution is 0.0528. The van der Waals surface area contributed by atoms with Crippen LogP contribution in [0.2, 0.25) is 0 Å². The van der Waals surface area contributed by atoms with Crippen LogP contribution in [0.1, 0.15) is 36.8 Å². The van der Waals surface area contributed by atoms with Crippen molar-refractivity contribution in [3.05, 3.63) is 41.3 Å². The van der Waals surface area contributed by atoms with Crippen LogP contribution in [0, 0.1) is 5.82 Å².